The minimum atomic E-state index is -0.833. The van der Waals surface area contributed by atoms with Gasteiger partial charge in [-0.25, -0.2) is 0 Å². The second kappa shape index (κ2) is 11.2. The molecule has 4 heteroatoms. The summed E-state index contributed by atoms with van der Waals surface area (Å²) < 4.78 is 4.19. The van der Waals surface area contributed by atoms with Crippen molar-refractivity contribution in [3.63, 3.8) is 0 Å². The van der Waals surface area contributed by atoms with Crippen LogP contribution in [0.25, 0.3) is 0 Å². The van der Waals surface area contributed by atoms with Crippen LogP contribution in [-0.4, -0.2) is 40.6 Å². The van der Waals surface area contributed by atoms with E-state index in [2.05, 4.69) is 91.0 Å². The van der Waals surface area contributed by atoms with Gasteiger partial charge >= 0.3 is 148 Å². The number of carboxylic acids is 1. The Morgan fingerprint density at radius 3 is 1.08 bits per heavy atom. The van der Waals surface area contributed by atoms with Crippen LogP contribution >= 0.6 is 0 Å². The zero-order chi connectivity index (χ0) is 16.5. The maximum atomic E-state index is 9.00. The average Bonchev–Trinajstić information content (AvgIpc) is 2.58. The van der Waals surface area contributed by atoms with E-state index in [-0.39, 0.29) is 29.6 Å². The van der Waals surface area contributed by atoms with Crippen molar-refractivity contribution in [2.75, 3.05) is 0 Å². The van der Waals surface area contributed by atoms with E-state index >= 15 is 0 Å². The SMILES string of the molecule is CC(=O)O.[NaH].c1cc[c]([Co]([c]2ccccc2)[c]2ccccc2)cc1. The molecule has 0 bridgehead atoms. The number of hydrogen-bond acceptors (Lipinski definition) is 1. The average molecular weight is 374 g/mol. The van der Waals surface area contributed by atoms with Crippen molar-refractivity contribution in [3.8, 4) is 0 Å². The summed E-state index contributed by atoms with van der Waals surface area (Å²) in [5, 5.41) is 7.42. The summed E-state index contributed by atoms with van der Waals surface area (Å²) in [6.07, 6.45) is 0. The van der Waals surface area contributed by atoms with Gasteiger partial charge in [-0.05, 0) is 0 Å². The van der Waals surface area contributed by atoms with Crippen molar-refractivity contribution in [1.82, 2.24) is 0 Å². The van der Waals surface area contributed by atoms with Crippen LogP contribution in [0, 0.1) is 0 Å². The van der Waals surface area contributed by atoms with Gasteiger partial charge in [-0.3, -0.25) is 4.79 Å². The molecule has 0 spiro atoms. The maximum absolute atomic E-state index is 9.00. The van der Waals surface area contributed by atoms with Crippen molar-refractivity contribution >= 4 is 49.0 Å². The standard InChI is InChI=1S/3C6H5.C2H4O2.Co.Na.H/c3*1-2-4-6-5-3-1;1-2(3)4;;;/h3*1-5H;1H3,(H,3,4);;;. The Labute approximate surface area is 169 Å². The third-order valence-corrected chi connectivity index (χ3v) is 5.58. The Hall–Kier alpha value is -1.36. The molecule has 0 aromatic heterocycles. The van der Waals surface area contributed by atoms with E-state index in [4.69, 9.17) is 9.90 Å². The first-order valence-electron chi connectivity index (χ1n) is 7.16. The molecule has 3 aromatic carbocycles. The fraction of sp³-hybridized carbons (Fsp3) is 0.0500. The second-order valence-corrected chi connectivity index (χ2v) is 7.16. The molecule has 0 aliphatic heterocycles. The van der Waals surface area contributed by atoms with Crippen LogP contribution in [0.2, 0.25) is 0 Å². The number of aliphatic carboxylic acids is 1. The summed E-state index contributed by atoms with van der Waals surface area (Å²) in [5.41, 5.74) is 0. The zero-order valence-electron chi connectivity index (χ0n) is 12.8. The molecule has 0 saturated carbocycles. The van der Waals surface area contributed by atoms with Crippen LogP contribution in [0.5, 0.6) is 0 Å². The van der Waals surface area contributed by atoms with E-state index in [0.29, 0.717) is 0 Å². The van der Waals surface area contributed by atoms with E-state index in [1.807, 2.05) is 0 Å². The van der Waals surface area contributed by atoms with Crippen molar-refractivity contribution in [1.29, 1.82) is 0 Å². The van der Waals surface area contributed by atoms with Crippen LogP contribution in [0.15, 0.2) is 91.0 Å². The first-order valence-corrected chi connectivity index (χ1v) is 8.72. The van der Waals surface area contributed by atoms with Gasteiger partial charge in [-0.1, -0.05) is 0 Å². The van der Waals surface area contributed by atoms with Crippen LogP contribution in [0.4, 0.5) is 0 Å². The van der Waals surface area contributed by atoms with Gasteiger partial charge in [0.1, 0.15) is 0 Å². The molecule has 1 N–H and O–H groups in total. The predicted octanol–water partition coefficient (Wildman–Crippen LogP) is 2.02. The second-order valence-electron chi connectivity index (χ2n) is 4.58. The monoisotopic (exact) mass is 374 g/mol. The summed E-state index contributed by atoms with van der Waals surface area (Å²) in [6, 6.07) is 32.3. The topological polar surface area (TPSA) is 37.3 Å². The summed E-state index contributed by atoms with van der Waals surface area (Å²) in [6.45, 7) is 1.08. The third kappa shape index (κ3) is 6.63. The predicted molar refractivity (Wildman–Crippen MR) is 98.7 cm³/mol. The van der Waals surface area contributed by atoms with Crippen LogP contribution in [0.3, 0.4) is 0 Å². The van der Waals surface area contributed by atoms with E-state index < -0.39 is 19.6 Å². The Morgan fingerprint density at radius 1 is 0.667 bits per heavy atom. The van der Waals surface area contributed by atoms with Crippen LogP contribution in [-0.2, 0) is 18.4 Å². The van der Waals surface area contributed by atoms with Gasteiger partial charge in [0.15, 0.2) is 0 Å². The summed E-state index contributed by atoms with van der Waals surface area (Å²) in [5.74, 6) is -0.833. The number of hydrogen-bond donors (Lipinski definition) is 1. The molecular weight excluding hydrogens is 354 g/mol. The molecule has 0 atom stereocenters. The normalized spacial score (nSPS) is 9.79. The Kier molecular flexibility index (Phi) is 9.68. The van der Waals surface area contributed by atoms with Crippen molar-refractivity contribution in [2.45, 2.75) is 6.92 Å². The Bertz CT molecular complexity index is 620. The van der Waals surface area contributed by atoms with Gasteiger partial charge < -0.3 is 5.11 Å². The molecule has 24 heavy (non-hydrogen) atoms. The molecule has 0 heterocycles. The van der Waals surface area contributed by atoms with Crippen molar-refractivity contribution in [2.24, 2.45) is 0 Å². The molecule has 0 saturated heterocycles. The van der Waals surface area contributed by atoms with E-state index in [0.717, 1.165) is 6.92 Å². The van der Waals surface area contributed by atoms with Gasteiger partial charge in [0.2, 0.25) is 0 Å². The first-order chi connectivity index (χ1) is 11.2. The molecular formula is C20H20CoNaO2. The fourth-order valence-corrected chi connectivity index (χ4v) is 4.57. The van der Waals surface area contributed by atoms with Gasteiger partial charge in [0, 0.05) is 6.92 Å². The first kappa shape index (κ1) is 20.7. The fourth-order valence-electron chi connectivity index (χ4n) is 1.88. The number of benzene rings is 3. The van der Waals surface area contributed by atoms with E-state index in [1.54, 1.807) is 0 Å². The molecule has 0 unspecified atom stereocenters. The van der Waals surface area contributed by atoms with Gasteiger partial charge in [0.05, 0.1) is 0 Å². The number of rotatable bonds is 3. The van der Waals surface area contributed by atoms with E-state index in [9.17, 15) is 0 Å². The third-order valence-electron chi connectivity index (χ3n) is 2.73. The van der Waals surface area contributed by atoms with Crippen LogP contribution in [0.1, 0.15) is 6.92 Å². The summed E-state index contributed by atoms with van der Waals surface area (Å²) in [7, 11) is 0. The molecule has 0 aliphatic rings. The molecule has 0 fully saturated rings. The van der Waals surface area contributed by atoms with Gasteiger partial charge in [-0.15, -0.1) is 0 Å². The van der Waals surface area contributed by atoms with Crippen molar-refractivity contribution in [3.05, 3.63) is 91.0 Å². The number of carbonyl (C=O) groups is 1. The molecule has 0 amide bonds. The van der Waals surface area contributed by atoms with Gasteiger partial charge in [-0.2, -0.15) is 0 Å². The minimum absolute atomic E-state index is 0. The van der Waals surface area contributed by atoms with Gasteiger partial charge in [0.25, 0.3) is 5.97 Å². The quantitative estimate of drug-likeness (QED) is 0.713. The summed E-state index contributed by atoms with van der Waals surface area (Å²) >= 11 is -0.419. The molecule has 3 aromatic rings. The molecule has 0 radical (unpaired) electrons. The molecule has 2 nitrogen and oxygen atoms in total. The molecule has 3 rings (SSSR count). The van der Waals surface area contributed by atoms with Crippen molar-refractivity contribution < 1.29 is 23.6 Å². The Morgan fingerprint density at radius 2 is 0.875 bits per heavy atom. The summed E-state index contributed by atoms with van der Waals surface area (Å²) in [4.78, 5) is 9.00. The zero-order valence-corrected chi connectivity index (χ0v) is 13.9. The molecule has 0 aliphatic carbocycles. The molecule has 122 valence electrons. The Balaban J connectivity index is 0.000000522. The van der Waals surface area contributed by atoms with Crippen LogP contribution < -0.4 is 13.5 Å². The number of carboxylic acid groups (broad SMARTS) is 1. The van der Waals surface area contributed by atoms with E-state index in [1.165, 1.54) is 13.5 Å².